The third-order valence-electron chi connectivity index (χ3n) is 3.96. The Hall–Kier alpha value is -1.75. The molecular weight excluding hydrogens is 270 g/mol. The fourth-order valence-corrected chi connectivity index (χ4v) is 2.87. The Morgan fingerprint density at radius 3 is 2.76 bits per heavy atom. The maximum atomic E-state index is 12.6. The van der Waals surface area contributed by atoms with Crippen LogP contribution in [0.5, 0.6) is 11.5 Å². The molecule has 1 aromatic rings. The van der Waals surface area contributed by atoms with Crippen molar-refractivity contribution in [1.82, 2.24) is 4.90 Å². The minimum absolute atomic E-state index is 0.0642. The van der Waals surface area contributed by atoms with Gasteiger partial charge in [0.2, 0.25) is 0 Å². The van der Waals surface area contributed by atoms with Crippen LogP contribution in [0.4, 0.5) is 0 Å². The van der Waals surface area contributed by atoms with Crippen LogP contribution in [0, 0.1) is 0 Å². The number of likely N-dealkylation sites (tertiary alicyclic amines) is 1. The molecular formula is C16H21NO4. The van der Waals surface area contributed by atoms with Gasteiger partial charge in [-0.1, -0.05) is 0 Å². The predicted molar refractivity (Wildman–Crippen MR) is 77.8 cm³/mol. The van der Waals surface area contributed by atoms with E-state index in [9.17, 15) is 9.90 Å². The largest absolute Gasteiger partial charge is 0.490 e. The molecule has 0 aliphatic carbocycles. The number of carbonyl (C=O) groups is 1. The molecule has 5 nitrogen and oxygen atoms in total. The first-order valence-electron chi connectivity index (χ1n) is 7.46. The van der Waals surface area contributed by atoms with Crippen LogP contribution in [-0.4, -0.2) is 47.8 Å². The first-order valence-corrected chi connectivity index (χ1v) is 7.46. The molecule has 0 saturated carbocycles. The summed E-state index contributed by atoms with van der Waals surface area (Å²) in [4.78, 5) is 14.3. The van der Waals surface area contributed by atoms with Crippen LogP contribution in [0.15, 0.2) is 18.2 Å². The Morgan fingerprint density at radius 2 is 2.00 bits per heavy atom. The van der Waals surface area contributed by atoms with Crippen molar-refractivity contribution in [1.29, 1.82) is 0 Å². The molecule has 0 spiro atoms. The van der Waals surface area contributed by atoms with E-state index in [0.717, 1.165) is 19.3 Å². The van der Waals surface area contributed by atoms with E-state index in [2.05, 4.69) is 0 Å². The molecule has 1 N–H and O–H groups in total. The molecule has 0 radical (unpaired) electrons. The maximum absolute atomic E-state index is 12.6. The molecule has 21 heavy (non-hydrogen) atoms. The fraction of sp³-hybridized carbons (Fsp3) is 0.562. The highest BCUT2D eigenvalue weighted by atomic mass is 16.5. The summed E-state index contributed by atoms with van der Waals surface area (Å²) in [5, 5.41) is 10.1. The summed E-state index contributed by atoms with van der Waals surface area (Å²) in [5.74, 6) is 1.25. The number of nitrogens with zero attached hydrogens (tertiary/aromatic N) is 1. The number of carbonyl (C=O) groups excluding carboxylic acids is 1. The summed E-state index contributed by atoms with van der Waals surface area (Å²) in [5.41, 5.74) is -0.212. The number of hydrogen-bond donors (Lipinski definition) is 1. The van der Waals surface area contributed by atoms with Crippen LogP contribution in [-0.2, 0) is 0 Å². The molecule has 1 unspecified atom stereocenters. The van der Waals surface area contributed by atoms with Crippen molar-refractivity contribution in [2.45, 2.75) is 31.8 Å². The average Bonchev–Trinajstić information content (AvgIpc) is 2.69. The Morgan fingerprint density at radius 1 is 1.24 bits per heavy atom. The van der Waals surface area contributed by atoms with Crippen molar-refractivity contribution < 1.29 is 19.4 Å². The number of piperidine rings is 1. The zero-order valence-electron chi connectivity index (χ0n) is 12.3. The molecule has 2 aliphatic heterocycles. The second kappa shape index (κ2) is 5.56. The molecule has 1 atom stereocenters. The third-order valence-corrected chi connectivity index (χ3v) is 3.96. The first kappa shape index (κ1) is 14.2. The quantitative estimate of drug-likeness (QED) is 0.857. The lowest BCUT2D eigenvalue weighted by molar-refractivity contribution is -0.0107. The standard InChI is InChI=1S/C16H21NO4/c1-16(19)6-2-7-17(11-16)15(18)12-4-5-13-14(10-12)21-9-3-8-20-13/h4-5,10,19H,2-3,6-9,11H2,1H3. The fourth-order valence-electron chi connectivity index (χ4n) is 2.87. The Kier molecular flexibility index (Phi) is 3.76. The van der Waals surface area contributed by atoms with Gasteiger partial charge in [-0.15, -0.1) is 0 Å². The molecule has 3 rings (SSSR count). The minimum Gasteiger partial charge on any atom is -0.490 e. The number of aliphatic hydroxyl groups is 1. The van der Waals surface area contributed by atoms with Gasteiger partial charge in [-0.05, 0) is 38.0 Å². The van der Waals surface area contributed by atoms with Crippen LogP contribution in [0.2, 0.25) is 0 Å². The monoisotopic (exact) mass is 291 g/mol. The van der Waals surface area contributed by atoms with E-state index in [4.69, 9.17) is 9.47 Å². The van der Waals surface area contributed by atoms with Gasteiger partial charge in [0.25, 0.3) is 5.91 Å². The highest BCUT2D eigenvalue weighted by Gasteiger charge is 2.31. The van der Waals surface area contributed by atoms with Crippen molar-refractivity contribution >= 4 is 5.91 Å². The van der Waals surface area contributed by atoms with Crippen LogP contribution in [0.25, 0.3) is 0 Å². The number of fused-ring (bicyclic) bond motifs is 1. The summed E-state index contributed by atoms with van der Waals surface area (Å²) < 4.78 is 11.2. The summed E-state index contributed by atoms with van der Waals surface area (Å²) in [6, 6.07) is 5.29. The number of β-amino-alcohol motifs (C(OH)–C–C–N with tert-alkyl or cyclic N) is 1. The van der Waals surface area contributed by atoms with E-state index < -0.39 is 5.60 Å². The zero-order chi connectivity index (χ0) is 14.9. The van der Waals surface area contributed by atoms with Crippen molar-refractivity contribution in [2.75, 3.05) is 26.3 Å². The highest BCUT2D eigenvalue weighted by molar-refractivity contribution is 5.95. The number of benzene rings is 1. The topological polar surface area (TPSA) is 59.0 Å². The zero-order valence-corrected chi connectivity index (χ0v) is 12.3. The number of amides is 1. The lowest BCUT2D eigenvalue weighted by Crippen LogP contribution is -2.48. The van der Waals surface area contributed by atoms with E-state index in [1.165, 1.54) is 0 Å². The van der Waals surface area contributed by atoms with E-state index in [-0.39, 0.29) is 5.91 Å². The maximum Gasteiger partial charge on any atom is 0.254 e. The van der Waals surface area contributed by atoms with Crippen molar-refractivity contribution in [3.63, 3.8) is 0 Å². The summed E-state index contributed by atoms with van der Waals surface area (Å²) in [6.45, 7) is 4.07. The molecule has 1 fully saturated rings. The number of rotatable bonds is 1. The van der Waals surface area contributed by atoms with Crippen molar-refractivity contribution in [3.8, 4) is 11.5 Å². The van der Waals surface area contributed by atoms with E-state index in [0.29, 0.717) is 43.4 Å². The average molecular weight is 291 g/mol. The second-order valence-corrected chi connectivity index (χ2v) is 6.04. The highest BCUT2D eigenvalue weighted by Crippen LogP contribution is 2.31. The second-order valence-electron chi connectivity index (χ2n) is 6.04. The van der Waals surface area contributed by atoms with Crippen molar-refractivity contribution in [3.05, 3.63) is 23.8 Å². The van der Waals surface area contributed by atoms with Gasteiger partial charge in [0.15, 0.2) is 11.5 Å². The number of ether oxygens (including phenoxy) is 2. The predicted octanol–water partition coefficient (Wildman–Crippen LogP) is 1.83. The molecule has 114 valence electrons. The summed E-state index contributed by atoms with van der Waals surface area (Å²) in [6.07, 6.45) is 2.40. The number of hydrogen-bond acceptors (Lipinski definition) is 4. The molecule has 2 aliphatic rings. The molecule has 0 bridgehead atoms. The van der Waals surface area contributed by atoms with Gasteiger partial charge in [-0.25, -0.2) is 0 Å². The molecule has 1 amide bonds. The van der Waals surface area contributed by atoms with Crippen LogP contribution < -0.4 is 9.47 Å². The van der Waals surface area contributed by atoms with Gasteiger partial charge in [0, 0.05) is 25.1 Å². The Labute approximate surface area is 124 Å². The summed E-state index contributed by atoms with van der Waals surface area (Å²) in [7, 11) is 0. The molecule has 0 aromatic heterocycles. The smallest absolute Gasteiger partial charge is 0.254 e. The van der Waals surface area contributed by atoms with Crippen LogP contribution in [0.1, 0.15) is 36.5 Å². The SMILES string of the molecule is CC1(O)CCCN(C(=O)c2ccc3c(c2)OCCCO3)C1. The lowest BCUT2D eigenvalue weighted by atomic mass is 9.94. The molecule has 1 aromatic carbocycles. The van der Waals surface area contributed by atoms with Gasteiger partial charge < -0.3 is 19.5 Å². The van der Waals surface area contributed by atoms with Gasteiger partial charge in [0.1, 0.15) is 0 Å². The lowest BCUT2D eigenvalue weighted by Gasteiger charge is -2.36. The molecule has 1 saturated heterocycles. The van der Waals surface area contributed by atoms with E-state index in [1.54, 1.807) is 30.0 Å². The van der Waals surface area contributed by atoms with Gasteiger partial charge in [-0.3, -0.25) is 4.79 Å². The minimum atomic E-state index is -0.792. The van der Waals surface area contributed by atoms with Crippen molar-refractivity contribution in [2.24, 2.45) is 0 Å². The normalized spacial score (nSPS) is 25.3. The van der Waals surface area contributed by atoms with Crippen LogP contribution >= 0.6 is 0 Å². The Bertz CT molecular complexity index is 541. The molecule has 5 heteroatoms. The molecule has 2 heterocycles. The van der Waals surface area contributed by atoms with E-state index in [1.807, 2.05) is 0 Å². The van der Waals surface area contributed by atoms with Gasteiger partial charge >= 0.3 is 0 Å². The third kappa shape index (κ3) is 3.13. The summed E-state index contributed by atoms with van der Waals surface area (Å²) >= 11 is 0. The van der Waals surface area contributed by atoms with Gasteiger partial charge in [0.05, 0.1) is 18.8 Å². The Balaban J connectivity index is 1.80. The van der Waals surface area contributed by atoms with E-state index >= 15 is 0 Å². The van der Waals surface area contributed by atoms with Gasteiger partial charge in [-0.2, -0.15) is 0 Å². The first-order chi connectivity index (χ1) is 10.1. The van der Waals surface area contributed by atoms with Crippen LogP contribution in [0.3, 0.4) is 0 Å².